The van der Waals surface area contributed by atoms with Crippen LogP contribution in [0.5, 0.6) is 5.75 Å². The van der Waals surface area contributed by atoms with Crippen LogP contribution in [0.1, 0.15) is 38.3 Å². The largest absolute Gasteiger partial charge is 0.493 e. The predicted octanol–water partition coefficient (Wildman–Crippen LogP) is 3.03. The molecule has 0 amide bonds. The van der Waals surface area contributed by atoms with Crippen LogP contribution in [0.15, 0.2) is 6.20 Å². The molecule has 16 heavy (non-hydrogen) atoms. The van der Waals surface area contributed by atoms with Crippen molar-refractivity contribution in [3.63, 3.8) is 0 Å². The van der Waals surface area contributed by atoms with Crippen LogP contribution in [0.25, 0.3) is 0 Å². The van der Waals surface area contributed by atoms with E-state index in [1.807, 2.05) is 10.9 Å². The van der Waals surface area contributed by atoms with E-state index in [1.54, 1.807) is 7.11 Å². The number of rotatable bonds is 3. The second kappa shape index (κ2) is 4.66. The lowest BCUT2D eigenvalue weighted by atomic mass is 9.94. The fourth-order valence-corrected chi connectivity index (χ4v) is 2.97. The van der Waals surface area contributed by atoms with E-state index in [2.05, 4.69) is 18.9 Å². The van der Waals surface area contributed by atoms with Crippen LogP contribution < -0.4 is 4.74 Å². The van der Waals surface area contributed by atoms with Crippen molar-refractivity contribution in [1.82, 2.24) is 9.78 Å². The van der Waals surface area contributed by atoms with E-state index in [0.717, 1.165) is 25.1 Å². The molecule has 0 aliphatic heterocycles. The van der Waals surface area contributed by atoms with E-state index in [1.165, 1.54) is 5.69 Å². The van der Waals surface area contributed by atoms with E-state index in [0.29, 0.717) is 11.8 Å². The molecule has 2 rings (SSSR count). The van der Waals surface area contributed by atoms with E-state index >= 15 is 0 Å². The lowest BCUT2D eigenvalue weighted by molar-refractivity contribution is 0.391. The Morgan fingerprint density at radius 1 is 1.56 bits per heavy atom. The molecule has 1 aliphatic rings. The highest BCUT2D eigenvalue weighted by Gasteiger charge is 2.36. The highest BCUT2D eigenvalue weighted by Crippen LogP contribution is 2.44. The quantitative estimate of drug-likeness (QED) is 0.762. The summed E-state index contributed by atoms with van der Waals surface area (Å²) >= 11 is 6.29. The minimum atomic E-state index is 0.287. The summed E-state index contributed by atoms with van der Waals surface area (Å²) in [6.45, 7) is 5.21. The van der Waals surface area contributed by atoms with Gasteiger partial charge in [-0.1, -0.05) is 6.92 Å². The number of aryl methyl sites for hydroxylation is 1. The molecule has 1 aliphatic carbocycles. The Balaban J connectivity index is 2.34. The van der Waals surface area contributed by atoms with Gasteiger partial charge in [-0.3, -0.25) is 4.68 Å². The Morgan fingerprint density at radius 3 is 2.81 bits per heavy atom. The molecular formula is C12H19ClN2O. The maximum absolute atomic E-state index is 6.29. The molecule has 0 spiro atoms. The maximum Gasteiger partial charge on any atom is 0.160 e. The number of ether oxygens (including phenoxy) is 1. The first-order valence-corrected chi connectivity index (χ1v) is 6.36. The van der Waals surface area contributed by atoms with Crippen molar-refractivity contribution >= 4 is 11.6 Å². The monoisotopic (exact) mass is 242 g/mol. The molecule has 1 aromatic heterocycles. The highest BCUT2D eigenvalue weighted by molar-refractivity contribution is 6.21. The smallest absolute Gasteiger partial charge is 0.160 e. The Morgan fingerprint density at radius 2 is 2.31 bits per heavy atom. The number of hydrogen-bond donors (Lipinski definition) is 0. The second-order valence-electron chi connectivity index (χ2n) is 4.47. The third-order valence-corrected chi connectivity index (χ3v) is 4.29. The van der Waals surface area contributed by atoms with Crippen molar-refractivity contribution in [2.24, 2.45) is 5.92 Å². The zero-order valence-corrected chi connectivity index (χ0v) is 10.9. The first-order chi connectivity index (χ1) is 7.69. The van der Waals surface area contributed by atoms with Gasteiger partial charge >= 0.3 is 0 Å². The summed E-state index contributed by atoms with van der Waals surface area (Å²) in [7, 11) is 1.71. The third kappa shape index (κ3) is 1.81. The fraction of sp³-hybridized carbons (Fsp3) is 0.750. The molecule has 0 aromatic carbocycles. The van der Waals surface area contributed by atoms with Crippen LogP contribution in [0.4, 0.5) is 0 Å². The van der Waals surface area contributed by atoms with Crippen LogP contribution >= 0.6 is 11.6 Å². The molecule has 1 heterocycles. The number of nitrogens with zero attached hydrogens (tertiary/aromatic N) is 2. The lowest BCUT2D eigenvalue weighted by Crippen LogP contribution is -2.14. The minimum absolute atomic E-state index is 0.287. The zero-order valence-electron chi connectivity index (χ0n) is 10.1. The van der Waals surface area contributed by atoms with E-state index in [4.69, 9.17) is 16.3 Å². The molecule has 4 heteroatoms. The molecule has 0 bridgehead atoms. The number of alkyl halides is 1. The van der Waals surface area contributed by atoms with Gasteiger partial charge in [0.1, 0.15) is 0 Å². The van der Waals surface area contributed by atoms with Crippen molar-refractivity contribution in [3.8, 4) is 5.75 Å². The molecule has 3 atom stereocenters. The van der Waals surface area contributed by atoms with Gasteiger partial charge in [-0.2, -0.15) is 5.10 Å². The Hall–Kier alpha value is -0.700. The minimum Gasteiger partial charge on any atom is -0.493 e. The number of halogens is 1. The number of methoxy groups -OCH3 is 1. The standard InChI is InChI=1S/C12H19ClN2O/c1-4-15-12(11(16-3)7-14-15)9-5-6-10(13)8(9)2/h7-10H,4-6H2,1-3H3. The number of hydrogen-bond acceptors (Lipinski definition) is 2. The van der Waals surface area contributed by atoms with Gasteiger partial charge in [-0.05, 0) is 25.7 Å². The average molecular weight is 243 g/mol. The van der Waals surface area contributed by atoms with Crippen molar-refractivity contribution < 1.29 is 4.74 Å². The molecule has 3 nitrogen and oxygen atoms in total. The molecule has 90 valence electrons. The number of aromatic nitrogens is 2. The summed E-state index contributed by atoms with van der Waals surface area (Å²) in [5, 5.41) is 4.65. The van der Waals surface area contributed by atoms with E-state index < -0.39 is 0 Å². The molecule has 0 saturated heterocycles. The molecule has 1 aromatic rings. The van der Waals surface area contributed by atoms with Crippen molar-refractivity contribution in [2.45, 2.75) is 44.5 Å². The molecule has 1 fully saturated rings. The van der Waals surface area contributed by atoms with Crippen molar-refractivity contribution in [3.05, 3.63) is 11.9 Å². The summed E-state index contributed by atoms with van der Waals surface area (Å²) in [5.41, 5.74) is 1.22. The topological polar surface area (TPSA) is 27.1 Å². The molecule has 0 N–H and O–H groups in total. The SMILES string of the molecule is CCn1ncc(OC)c1C1CCC(Cl)C1C. The lowest BCUT2D eigenvalue weighted by Gasteiger charge is -2.19. The van der Waals surface area contributed by atoms with Crippen molar-refractivity contribution in [1.29, 1.82) is 0 Å². The Bertz CT molecular complexity index is 342. The third-order valence-electron chi connectivity index (χ3n) is 3.67. The van der Waals surface area contributed by atoms with Crippen LogP contribution in [0.2, 0.25) is 0 Å². The van der Waals surface area contributed by atoms with Gasteiger partial charge in [0.25, 0.3) is 0 Å². The van der Waals surface area contributed by atoms with Crippen LogP contribution in [-0.4, -0.2) is 22.3 Å². The van der Waals surface area contributed by atoms with Crippen LogP contribution in [-0.2, 0) is 6.54 Å². The average Bonchev–Trinajstić information content (AvgIpc) is 2.83. The van der Waals surface area contributed by atoms with Gasteiger partial charge in [0.05, 0.1) is 19.0 Å². The van der Waals surface area contributed by atoms with Gasteiger partial charge in [0, 0.05) is 17.8 Å². The van der Waals surface area contributed by atoms with E-state index in [9.17, 15) is 0 Å². The molecular weight excluding hydrogens is 224 g/mol. The van der Waals surface area contributed by atoms with Gasteiger partial charge in [-0.15, -0.1) is 11.6 Å². The van der Waals surface area contributed by atoms with Gasteiger partial charge in [-0.25, -0.2) is 0 Å². The first kappa shape index (κ1) is 11.8. The van der Waals surface area contributed by atoms with Gasteiger partial charge in [0.2, 0.25) is 0 Å². The second-order valence-corrected chi connectivity index (χ2v) is 5.03. The Labute approximate surface area is 102 Å². The predicted molar refractivity (Wildman–Crippen MR) is 65.2 cm³/mol. The van der Waals surface area contributed by atoms with Gasteiger partial charge < -0.3 is 4.74 Å². The van der Waals surface area contributed by atoms with Crippen LogP contribution in [0.3, 0.4) is 0 Å². The molecule has 3 unspecified atom stereocenters. The maximum atomic E-state index is 6.29. The zero-order chi connectivity index (χ0) is 11.7. The van der Waals surface area contributed by atoms with Gasteiger partial charge in [0.15, 0.2) is 5.75 Å². The van der Waals surface area contributed by atoms with E-state index in [-0.39, 0.29) is 5.38 Å². The van der Waals surface area contributed by atoms with Crippen molar-refractivity contribution in [2.75, 3.05) is 7.11 Å². The van der Waals surface area contributed by atoms with Crippen LogP contribution in [0, 0.1) is 5.92 Å². The summed E-state index contributed by atoms with van der Waals surface area (Å²) in [6.07, 6.45) is 4.04. The first-order valence-electron chi connectivity index (χ1n) is 5.92. The molecule has 1 saturated carbocycles. The molecule has 0 radical (unpaired) electrons. The highest BCUT2D eigenvalue weighted by atomic mass is 35.5. The summed E-state index contributed by atoms with van der Waals surface area (Å²) < 4.78 is 7.43. The summed E-state index contributed by atoms with van der Waals surface area (Å²) in [4.78, 5) is 0. The Kier molecular flexibility index (Phi) is 3.43. The summed E-state index contributed by atoms with van der Waals surface area (Å²) in [5.74, 6) is 1.89. The normalized spacial score (nSPS) is 29.6. The fourth-order valence-electron chi connectivity index (χ4n) is 2.66. The summed E-state index contributed by atoms with van der Waals surface area (Å²) in [6, 6.07) is 0.